The summed E-state index contributed by atoms with van der Waals surface area (Å²) in [5.74, 6) is 0.945. The fourth-order valence-corrected chi connectivity index (χ4v) is 2.40. The van der Waals surface area contributed by atoms with Crippen LogP contribution in [0.5, 0.6) is 0 Å². The van der Waals surface area contributed by atoms with E-state index in [4.69, 9.17) is 4.84 Å². The van der Waals surface area contributed by atoms with E-state index in [0.717, 1.165) is 36.4 Å². The maximum absolute atomic E-state index is 10.6. The van der Waals surface area contributed by atoms with Crippen LogP contribution in [-0.2, 0) is 9.63 Å². The number of aryl methyl sites for hydroxylation is 1. The van der Waals surface area contributed by atoms with Crippen molar-refractivity contribution in [2.24, 2.45) is 16.1 Å². The number of carbonyl (C=O) groups excluding carboxylic acids is 1. The predicted molar refractivity (Wildman–Crippen MR) is 88.5 cm³/mol. The second kappa shape index (κ2) is 7.70. The lowest BCUT2D eigenvalue weighted by Gasteiger charge is -2.37. The number of benzene rings is 1. The molecular weight excluding hydrogens is 280 g/mol. The van der Waals surface area contributed by atoms with Crippen molar-refractivity contribution in [2.75, 3.05) is 31.6 Å². The van der Waals surface area contributed by atoms with Gasteiger partial charge in [-0.05, 0) is 31.8 Å². The first-order valence-electron chi connectivity index (χ1n) is 7.38. The normalized spacial score (nSPS) is 16.0. The highest BCUT2D eigenvalue weighted by atomic mass is 16.6. The number of hydrogen-bond acceptors (Lipinski definition) is 4. The lowest BCUT2D eigenvalue weighted by atomic mass is 10.0. The van der Waals surface area contributed by atoms with Crippen LogP contribution in [0, 0.1) is 12.8 Å². The third-order valence-electron chi connectivity index (χ3n) is 3.80. The molecule has 0 spiro atoms. The number of oxime groups is 1. The molecule has 118 valence electrons. The van der Waals surface area contributed by atoms with Gasteiger partial charge in [0.05, 0.1) is 0 Å². The number of amides is 1. The molecule has 2 rings (SSSR count). The molecule has 1 heterocycles. The fraction of sp³-hybridized carbons (Fsp3) is 0.438. The summed E-state index contributed by atoms with van der Waals surface area (Å²) >= 11 is 0. The molecule has 1 aliphatic heterocycles. The molecule has 6 heteroatoms. The molecule has 1 aromatic carbocycles. The van der Waals surface area contributed by atoms with E-state index >= 15 is 0 Å². The largest absolute Gasteiger partial charge is 0.394 e. The van der Waals surface area contributed by atoms with Gasteiger partial charge in [0.2, 0.25) is 6.41 Å². The SMILES string of the molecule is C=N/C(=N\OCC1CN(CC)C1)c1ccc(C)c(NC=O)c1. The number of anilines is 1. The zero-order chi connectivity index (χ0) is 15.9. The van der Waals surface area contributed by atoms with E-state index in [9.17, 15) is 4.79 Å². The van der Waals surface area contributed by atoms with Crippen LogP contribution in [0.2, 0.25) is 0 Å². The monoisotopic (exact) mass is 302 g/mol. The molecule has 0 saturated carbocycles. The maximum Gasteiger partial charge on any atom is 0.211 e. The number of nitrogens with one attached hydrogen (secondary N) is 1. The van der Waals surface area contributed by atoms with Crippen molar-refractivity contribution < 1.29 is 9.63 Å². The van der Waals surface area contributed by atoms with Crippen LogP contribution >= 0.6 is 0 Å². The first-order valence-corrected chi connectivity index (χ1v) is 7.38. The van der Waals surface area contributed by atoms with Gasteiger partial charge in [-0.15, -0.1) is 0 Å². The van der Waals surface area contributed by atoms with Gasteiger partial charge in [0.25, 0.3) is 0 Å². The summed E-state index contributed by atoms with van der Waals surface area (Å²) in [6.07, 6.45) is 0.650. The Bertz CT molecular complexity index is 565. The Morgan fingerprint density at radius 1 is 1.55 bits per heavy atom. The van der Waals surface area contributed by atoms with E-state index in [-0.39, 0.29) is 0 Å². The second-order valence-corrected chi connectivity index (χ2v) is 5.38. The van der Waals surface area contributed by atoms with E-state index in [2.05, 4.69) is 34.0 Å². The van der Waals surface area contributed by atoms with E-state index < -0.39 is 0 Å². The highest BCUT2D eigenvalue weighted by Gasteiger charge is 2.25. The van der Waals surface area contributed by atoms with Crippen molar-refractivity contribution >= 4 is 24.7 Å². The highest BCUT2D eigenvalue weighted by Crippen LogP contribution is 2.18. The summed E-state index contributed by atoms with van der Waals surface area (Å²) < 4.78 is 0. The van der Waals surface area contributed by atoms with Crippen molar-refractivity contribution in [3.05, 3.63) is 29.3 Å². The standard InChI is InChI=1S/C16H22N4O2/c1-4-20-8-13(9-20)10-22-19-16(17-3)14-6-5-12(2)15(7-14)18-11-21/h5-7,11,13H,3-4,8-10H2,1-2H3,(H,18,21)/b19-16-. The number of nitrogens with zero attached hydrogens (tertiary/aromatic N) is 3. The number of likely N-dealkylation sites (tertiary alicyclic amines) is 1. The van der Waals surface area contributed by atoms with Gasteiger partial charge in [-0.1, -0.05) is 24.2 Å². The van der Waals surface area contributed by atoms with Crippen molar-refractivity contribution in [1.82, 2.24) is 4.90 Å². The zero-order valence-corrected chi connectivity index (χ0v) is 13.1. The Morgan fingerprint density at radius 2 is 2.32 bits per heavy atom. The van der Waals surface area contributed by atoms with E-state index in [1.54, 1.807) is 0 Å². The predicted octanol–water partition coefficient (Wildman–Crippen LogP) is 1.89. The molecule has 1 N–H and O–H groups in total. The van der Waals surface area contributed by atoms with Crippen LogP contribution in [-0.4, -0.2) is 50.1 Å². The first kappa shape index (κ1) is 16.2. The van der Waals surface area contributed by atoms with Crippen LogP contribution in [0.4, 0.5) is 5.69 Å². The smallest absolute Gasteiger partial charge is 0.211 e. The average molecular weight is 302 g/mol. The number of aliphatic imine (C=N–C) groups is 1. The van der Waals surface area contributed by atoms with E-state index in [1.165, 1.54) is 0 Å². The van der Waals surface area contributed by atoms with Gasteiger partial charge in [0, 0.05) is 30.3 Å². The van der Waals surface area contributed by atoms with Gasteiger partial charge >= 0.3 is 0 Å². The van der Waals surface area contributed by atoms with Crippen molar-refractivity contribution in [1.29, 1.82) is 0 Å². The molecule has 0 aromatic heterocycles. The quantitative estimate of drug-likeness (QED) is 0.362. The summed E-state index contributed by atoms with van der Waals surface area (Å²) in [5.41, 5.74) is 2.45. The Labute approximate surface area is 130 Å². The minimum atomic E-state index is 0.417. The zero-order valence-electron chi connectivity index (χ0n) is 13.1. The van der Waals surface area contributed by atoms with Gasteiger partial charge in [0.1, 0.15) is 6.61 Å². The Morgan fingerprint density at radius 3 is 2.95 bits per heavy atom. The van der Waals surface area contributed by atoms with Crippen molar-refractivity contribution in [3.63, 3.8) is 0 Å². The third-order valence-corrected chi connectivity index (χ3v) is 3.80. The van der Waals surface area contributed by atoms with Crippen LogP contribution < -0.4 is 5.32 Å². The summed E-state index contributed by atoms with van der Waals surface area (Å²) in [6.45, 7) is 11.4. The topological polar surface area (TPSA) is 66.3 Å². The molecule has 1 aliphatic rings. The lowest BCUT2D eigenvalue weighted by molar-refractivity contribution is -0.105. The Kier molecular flexibility index (Phi) is 5.66. The van der Waals surface area contributed by atoms with Gasteiger partial charge in [-0.2, -0.15) is 0 Å². The first-order chi connectivity index (χ1) is 10.7. The summed E-state index contributed by atoms with van der Waals surface area (Å²) in [7, 11) is 0. The summed E-state index contributed by atoms with van der Waals surface area (Å²) in [4.78, 5) is 22.3. The molecule has 0 aliphatic carbocycles. The number of hydrogen-bond donors (Lipinski definition) is 1. The number of amidine groups is 1. The van der Waals surface area contributed by atoms with Crippen LogP contribution in [0.15, 0.2) is 28.3 Å². The minimum Gasteiger partial charge on any atom is -0.394 e. The molecule has 6 nitrogen and oxygen atoms in total. The Balaban J connectivity index is 1.98. The molecule has 22 heavy (non-hydrogen) atoms. The third kappa shape index (κ3) is 3.92. The maximum atomic E-state index is 10.6. The average Bonchev–Trinajstić information content (AvgIpc) is 2.48. The van der Waals surface area contributed by atoms with Crippen molar-refractivity contribution in [2.45, 2.75) is 13.8 Å². The van der Waals surface area contributed by atoms with Gasteiger partial charge in [0.15, 0.2) is 5.84 Å². The number of rotatable bonds is 7. The van der Waals surface area contributed by atoms with Crippen LogP contribution in [0.25, 0.3) is 0 Å². The lowest BCUT2D eigenvalue weighted by Crippen LogP contribution is -2.48. The Hall–Kier alpha value is -2.21. The molecule has 0 radical (unpaired) electrons. The molecule has 0 unspecified atom stereocenters. The fourth-order valence-electron chi connectivity index (χ4n) is 2.40. The summed E-state index contributed by atoms with van der Waals surface area (Å²) in [6, 6.07) is 5.58. The minimum absolute atomic E-state index is 0.417. The molecule has 1 fully saturated rings. The second-order valence-electron chi connectivity index (χ2n) is 5.38. The van der Waals surface area contributed by atoms with Gasteiger partial charge < -0.3 is 15.1 Å². The van der Waals surface area contributed by atoms with Crippen LogP contribution in [0.1, 0.15) is 18.1 Å². The molecular formula is C16H22N4O2. The van der Waals surface area contributed by atoms with E-state index in [1.807, 2.05) is 25.1 Å². The summed E-state index contributed by atoms with van der Waals surface area (Å²) in [5, 5.41) is 6.72. The molecule has 0 bridgehead atoms. The van der Waals surface area contributed by atoms with Gasteiger partial charge in [-0.25, -0.2) is 4.99 Å². The van der Waals surface area contributed by atoms with E-state index in [0.29, 0.717) is 24.8 Å². The van der Waals surface area contributed by atoms with Crippen molar-refractivity contribution in [3.8, 4) is 0 Å². The van der Waals surface area contributed by atoms with Gasteiger partial charge in [-0.3, -0.25) is 4.79 Å². The molecule has 1 saturated heterocycles. The van der Waals surface area contributed by atoms with Crippen LogP contribution in [0.3, 0.4) is 0 Å². The highest BCUT2D eigenvalue weighted by molar-refractivity contribution is 6.02. The number of carbonyl (C=O) groups is 1. The molecule has 1 aromatic rings. The molecule has 0 atom stereocenters. The molecule has 1 amide bonds.